The van der Waals surface area contributed by atoms with Crippen molar-refractivity contribution in [2.45, 2.75) is 6.54 Å². The summed E-state index contributed by atoms with van der Waals surface area (Å²) in [7, 11) is 1.95. The molecule has 8 nitrogen and oxygen atoms in total. The molecule has 0 spiro atoms. The van der Waals surface area contributed by atoms with Crippen LogP contribution in [0, 0.1) is 0 Å². The molecular formula is C14H20N8. The average Bonchev–Trinajstić information content (AvgIpc) is 2.99. The lowest BCUT2D eigenvalue weighted by molar-refractivity contribution is 0.378. The predicted molar refractivity (Wildman–Crippen MR) is 84.4 cm³/mol. The van der Waals surface area contributed by atoms with Crippen LogP contribution in [0.5, 0.6) is 0 Å². The molecule has 0 unspecified atom stereocenters. The van der Waals surface area contributed by atoms with E-state index in [9.17, 15) is 0 Å². The van der Waals surface area contributed by atoms with Crippen LogP contribution < -0.4 is 10.6 Å². The largest absolute Gasteiger partial charge is 0.370 e. The Morgan fingerprint density at radius 1 is 1.14 bits per heavy atom. The molecule has 1 aliphatic rings. The normalized spacial score (nSPS) is 16.1. The number of nitrogens with two attached hydrogens (primary N) is 1. The van der Waals surface area contributed by atoms with Gasteiger partial charge in [-0.3, -0.25) is 0 Å². The predicted octanol–water partition coefficient (Wildman–Crippen LogP) is -0.153. The number of nitrogens with zero attached hydrogens (tertiary/aromatic N) is 7. The van der Waals surface area contributed by atoms with Crippen molar-refractivity contribution in [1.82, 2.24) is 24.4 Å². The fourth-order valence-corrected chi connectivity index (χ4v) is 2.39. The fourth-order valence-electron chi connectivity index (χ4n) is 2.39. The van der Waals surface area contributed by atoms with Gasteiger partial charge in [-0.2, -0.15) is 0 Å². The molecule has 0 amide bonds. The van der Waals surface area contributed by atoms with Crippen LogP contribution in [0.2, 0.25) is 0 Å². The van der Waals surface area contributed by atoms with E-state index in [2.05, 4.69) is 29.7 Å². The molecule has 22 heavy (non-hydrogen) atoms. The lowest BCUT2D eigenvalue weighted by Gasteiger charge is -2.35. The van der Waals surface area contributed by atoms with Gasteiger partial charge in [0.2, 0.25) is 5.95 Å². The molecule has 3 rings (SSSR count). The number of hydrogen-bond donors (Lipinski definition) is 1. The quantitative estimate of drug-likeness (QED) is 0.626. The highest BCUT2D eigenvalue weighted by Crippen LogP contribution is 2.09. The van der Waals surface area contributed by atoms with Gasteiger partial charge in [-0.05, 0) is 6.07 Å². The van der Waals surface area contributed by atoms with E-state index in [0.717, 1.165) is 38.0 Å². The maximum atomic E-state index is 6.09. The van der Waals surface area contributed by atoms with Gasteiger partial charge in [0.15, 0.2) is 5.96 Å². The van der Waals surface area contributed by atoms with Gasteiger partial charge in [0, 0.05) is 58.0 Å². The van der Waals surface area contributed by atoms with E-state index in [-0.39, 0.29) is 0 Å². The number of rotatable bonds is 3. The minimum Gasteiger partial charge on any atom is -0.370 e. The van der Waals surface area contributed by atoms with E-state index < -0.39 is 0 Å². The first-order valence-corrected chi connectivity index (χ1v) is 7.27. The van der Waals surface area contributed by atoms with Crippen LogP contribution in [-0.4, -0.2) is 56.6 Å². The van der Waals surface area contributed by atoms with Gasteiger partial charge in [-0.15, -0.1) is 0 Å². The van der Waals surface area contributed by atoms with Crippen molar-refractivity contribution in [1.29, 1.82) is 0 Å². The highest BCUT2D eigenvalue weighted by Gasteiger charge is 2.19. The topological polar surface area (TPSA) is 88.5 Å². The Balaban J connectivity index is 1.55. The molecule has 0 bridgehead atoms. The van der Waals surface area contributed by atoms with Crippen molar-refractivity contribution in [3.63, 3.8) is 0 Å². The number of piperazine rings is 1. The Kier molecular flexibility index (Phi) is 4.17. The zero-order valence-electron chi connectivity index (χ0n) is 12.6. The Morgan fingerprint density at radius 2 is 1.86 bits per heavy atom. The van der Waals surface area contributed by atoms with Crippen molar-refractivity contribution in [3.8, 4) is 0 Å². The summed E-state index contributed by atoms with van der Waals surface area (Å²) < 4.78 is 1.95. The van der Waals surface area contributed by atoms with Crippen LogP contribution in [0.4, 0.5) is 5.95 Å². The number of aliphatic imine (C=N–C) groups is 1. The number of hydrogen-bond acceptors (Lipinski definition) is 5. The van der Waals surface area contributed by atoms with Crippen molar-refractivity contribution in [3.05, 3.63) is 36.7 Å². The van der Waals surface area contributed by atoms with E-state index in [1.165, 1.54) is 0 Å². The Labute approximate surface area is 129 Å². The minimum absolute atomic E-state index is 0.497. The molecule has 8 heteroatoms. The Bertz CT molecular complexity index is 627. The van der Waals surface area contributed by atoms with Crippen LogP contribution in [0.25, 0.3) is 0 Å². The maximum absolute atomic E-state index is 6.09. The summed E-state index contributed by atoms with van der Waals surface area (Å²) in [6, 6.07) is 1.82. The molecule has 0 radical (unpaired) electrons. The summed E-state index contributed by atoms with van der Waals surface area (Å²) in [5.74, 6) is 2.24. The molecule has 1 saturated heterocycles. The molecule has 1 fully saturated rings. The highest BCUT2D eigenvalue weighted by molar-refractivity contribution is 5.78. The van der Waals surface area contributed by atoms with Gasteiger partial charge in [0.25, 0.3) is 0 Å². The number of anilines is 1. The zero-order valence-corrected chi connectivity index (χ0v) is 12.6. The first kappa shape index (κ1) is 14.3. The molecule has 2 aromatic rings. The molecular weight excluding hydrogens is 280 g/mol. The first-order valence-electron chi connectivity index (χ1n) is 7.27. The smallest absolute Gasteiger partial charge is 0.225 e. The number of imidazole rings is 1. The Morgan fingerprint density at radius 3 is 2.50 bits per heavy atom. The monoisotopic (exact) mass is 300 g/mol. The minimum atomic E-state index is 0.497. The van der Waals surface area contributed by atoms with E-state index >= 15 is 0 Å². The SMILES string of the molecule is Cn1ccnc1CN=C(N)N1CCN(c2ncccn2)CC1. The van der Waals surface area contributed by atoms with Gasteiger partial charge in [0.1, 0.15) is 12.4 Å². The summed E-state index contributed by atoms with van der Waals surface area (Å²) in [5, 5.41) is 0. The van der Waals surface area contributed by atoms with Gasteiger partial charge in [-0.1, -0.05) is 0 Å². The third-order valence-electron chi connectivity index (χ3n) is 3.74. The van der Waals surface area contributed by atoms with E-state index in [4.69, 9.17) is 5.73 Å². The lowest BCUT2D eigenvalue weighted by Crippen LogP contribution is -2.51. The summed E-state index contributed by atoms with van der Waals surface area (Å²) in [6.07, 6.45) is 7.19. The van der Waals surface area contributed by atoms with Gasteiger partial charge in [0.05, 0.1) is 0 Å². The fraction of sp³-hybridized carbons (Fsp3) is 0.429. The van der Waals surface area contributed by atoms with Crippen LogP contribution >= 0.6 is 0 Å². The van der Waals surface area contributed by atoms with Crippen molar-refractivity contribution in [2.24, 2.45) is 17.8 Å². The molecule has 2 aromatic heterocycles. The van der Waals surface area contributed by atoms with Crippen LogP contribution in [0.15, 0.2) is 35.8 Å². The van der Waals surface area contributed by atoms with Crippen molar-refractivity contribution >= 4 is 11.9 Å². The third-order valence-corrected chi connectivity index (χ3v) is 3.74. The average molecular weight is 300 g/mol. The first-order chi connectivity index (χ1) is 10.7. The molecule has 0 aromatic carbocycles. The van der Waals surface area contributed by atoms with E-state index in [0.29, 0.717) is 12.5 Å². The molecule has 0 saturated carbocycles. The highest BCUT2D eigenvalue weighted by atomic mass is 15.4. The zero-order chi connectivity index (χ0) is 15.4. The molecule has 0 aliphatic carbocycles. The molecule has 2 N–H and O–H groups in total. The van der Waals surface area contributed by atoms with Crippen molar-refractivity contribution in [2.75, 3.05) is 31.1 Å². The second-order valence-corrected chi connectivity index (χ2v) is 5.15. The summed E-state index contributed by atoms with van der Waals surface area (Å²) in [4.78, 5) is 21.5. The van der Waals surface area contributed by atoms with Gasteiger partial charge < -0.3 is 20.1 Å². The second-order valence-electron chi connectivity index (χ2n) is 5.15. The standard InChI is InChI=1S/C14H20N8/c1-20-6-5-16-12(20)11-19-13(15)21-7-9-22(10-8-21)14-17-3-2-4-18-14/h2-6H,7-11H2,1H3,(H2,15,19). The van der Waals surface area contributed by atoms with Gasteiger partial charge >= 0.3 is 0 Å². The molecule has 1 aliphatic heterocycles. The van der Waals surface area contributed by atoms with Gasteiger partial charge in [-0.25, -0.2) is 19.9 Å². The molecule has 116 valence electrons. The number of aryl methyl sites for hydroxylation is 1. The second kappa shape index (κ2) is 6.42. The van der Waals surface area contributed by atoms with Crippen molar-refractivity contribution < 1.29 is 0 Å². The summed E-state index contributed by atoms with van der Waals surface area (Å²) >= 11 is 0. The maximum Gasteiger partial charge on any atom is 0.225 e. The lowest BCUT2D eigenvalue weighted by atomic mass is 10.3. The summed E-state index contributed by atoms with van der Waals surface area (Å²) in [6.45, 7) is 3.80. The van der Waals surface area contributed by atoms with E-state index in [1.807, 2.05) is 23.9 Å². The molecule has 3 heterocycles. The van der Waals surface area contributed by atoms with E-state index in [1.54, 1.807) is 18.6 Å². The third kappa shape index (κ3) is 3.16. The Hall–Kier alpha value is -2.64. The summed E-state index contributed by atoms with van der Waals surface area (Å²) in [5.41, 5.74) is 6.09. The van der Waals surface area contributed by atoms with Crippen LogP contribution in [0.1, 0.15) is 5.82 Å². The number of guanidine groups is 1. The molecule has 0 atom stereocenters. The number of aromatic nitrogens is 4. The van der Waals surface area contributed by atoms with Crippen LogP contribution in [-0.2, 0) is 13.6 Å². The van der Waals surface area contributed by atoms with Crippen LogP contribution in [0.3, 0.4) is 0 Å².